The lowest BCUT2D eigenvalue weighted by molar-refractivity contribution is -0.115. The summed E-state index contributed by atoms with van der Waals surface area (Å²) in [7, 11) is 0. The first-order valence-corrected chi connectivity index (χ1v) is 8.80. The Labute approximate surface area is 159 Å². The van der Waals surface area contributed by atoms with Crippen molar-refractivity contribution in [1.82, 2.24) is 14.9 Å². The van der Waals surface area contributed by atoms with E-state index in [2.05, 4.69) is 15.5 Å². The number of amides is 1. The second kappa shape index (κ2) is 7.88. The lowest BCUT2D eigenvalue weighted by Gasteiger charge is -2.11. The molecule has 1 atom stereocenters. The van der Waals surface area contributed by atoms with Gasteiger partial charge in [0.2, 0.25) is 11.1 Å². The summed E-state index contributed by atoms with van der Waals surface area (Å²) >= 11 is 1.09. The largest absolute Gasteiger partial charge is 0.335 e. The Balaban J connectivity index is 1.73. The molecule has 1 heterocycles. The molecular weight excluding hydrogens is 367 g/mol. The molecule has 0 aliphatic carbocycles. The second-order valence-corrected chi connectivity index (χ2v) is 6.91. The number of nitrogen functional groups attached to an aromatic ring is 1. The molecule has 0 unspecified atom stereocenters. The van der Waals surface area contributed by atoms with Gasteiger partial charge in [-0.25, -0.2) is 9.07 Å². The fourth-order valence-electron chi connectivity index (χ4n) is 2.31. The van der Waals surface area contributed by atoms with Gasteiger partial charge in [-0.15, -0.1) is 10.2 Å². The van der Waals surface area contributed by atoms with Crippen molar-refractivity contribution in [2.24, 2.45) is 0 Å². The number of benzene rings is 2. The van der Waals surface area contributed by atoms with Crippen LogP contribution in [0.3, 0.4) is 0 Å². The molecule has 1 aromatic heterocycles. The van der Waals surface area contributed by atoms with Crippen molar-refractivity contribution < 1.29 is 9.18 Å². The number of halogens is 1. The van der Waals surface area contributed by atoms with Crippen molar-refractivity contribution in [3.8, 4) is 17.5 Å². The minimum Gasteiger partial charge on any atom is -0.335 e. The SMILES string of the molecule is C[C@H](Sc1nnc(-c2ccccc2F)n1N)C(=O)Nc1cccc(C#N)c1. The van der Waals surface area contributed by atoms with Crippen LogP contribution in [0.4, 0.5) is 10.1 Å². The number of thioether (sulfide) groups is 1. The maximum absolute atomic E-state index is 13.9. The normalized spacial score (nSPS) is 11.6. The van der Waals surface area contributed by atoms with E-state index < -0.39 is 11.1 Å². The van der Waals surface area contributed by atoms with E-state index in [-0.39, 0.29) is 22.5 Å². The molecule has 27 heavy (non-hydrogen) atoms. The number of nitriles is 1. The number of hydrogen-bond donors (Lipinski definition) is 2. The monoisotopic (exact) mass is 382 g/mol. The summed E-state index contributed by atoms with van der Waals surface area (Å²) in [6.45, 7) is 1.69. The van der Waals surface area contributed by atoms with Crippen LogP contribution in [0.5, 0.6) is 0 Å². The molecule has 0 bridgehead atoms. The van der Waals surface area contributed by atoms with Crippen LogP contribution in [-0.2, 0) is 4.79 Å². The van der Waals surface area contributed by atoms with Gasteiger partial charge in [-0.05, 0) is 37.3 Å². The van der Waals surface area contributed by atoms with Crippen LogP contribution in [0, 0.1) is 17.1 Å². The van der Waals surface area contributed by atoms with E-state index in [0.29, 0.717) is 11.3 Å². The van der Waals surface area contributed by atoms with Crippen LogP contribution in [-0.4, -0.2) is 26.0 Å². The van der Waals surface area contributed by atoms with Gasteiger partial charge in [-0.3, -0.25) is 4.79 Å². The quantitative estimate of drug-likeness (QED) is 0.519. The smallest absolute Gasteiger partial charge is 0.237 e. The molecule has 9 heteroatoms. The van der Waals surface area contributed by atoms with E-state index in [1.54, 1.807) is 49.4 Å². The third-order valence-electron chi connectivity index (χ3n) is 3.69. The Kier molecular flexibility index (Phi) is 5.38. The average molecular weight is 382 g/mol. The molecule has 3 N–H and O–H groups in total. The van der Waals surface area contributed by atoms with Crippen molar-refractivity contribution in [1.29, 1.82) is 5.26 Å². The van der Waals surface area contributed by atoms with Gasteiger partial charge >= 0.3 is 0 Å². The van der Waals surface area contributed by atoms with Gasteiger partial charge in [-0.1, -0.05) is 30.0 Å². The maximum atomic E-state index is 13.9. The highest BCUT2D eigenvalue weighted by Crippen LogP contribution is 2.26. The number of nitrogens with zero attached hydrogens (tertiary/aromatic N) is 4. The Morgan fingerprint density at radius 3 is 2.81 bits per heavy atom. The molecule has 3 rings (SSSR count). The van der Waals surface area contributed by atoms with E-state index in [9.17, 15) is 9.18 Å². The maximum Gasteiger partial charge on any atom is 0.237 e. The van der Waals surface area contributed by atoms with E-state index in [1.807, 2.05) is 6.07 Å². The highest BCUT2D eigenvalue weighted by molar-refractivity contribution is 8.00. The number of aromatic nitrogens is 3. The summed E-state index contributed by atoms with van der Waals surface area (Å²) in [4.78, 5) is 12.4. The van der Waals surface area contributed by atoms with Crippen molar-refractivity contribution in [3.63, 3.8) is 0 Å². The molecule has 3 aromatic rings. The van der Waals surface area contributed by atoms with Crippen LogP contribution in [0.2, 0.25) is 0 Å². The summed E-state index contributed by atoms with van der Waals surface area (Å²) in [6, 6.07) is 14.7. The van der Waals surface area contributed by atoms with Crippen LogP contribution in [0.1, 0.15) is 12.5 Å². The summed E-state index contributed by atoms with van der Waals surface area (Å²) in [5.41, 5.74) is 1.20. The van der Waals surface area contributed by atoms with Gasteiger partial charge in [-0.2, -0.15) is 5.26 Å². The first kappa shape index (κ1) is 18.4. The van der Waals surface area contributed by atoms with Crippen LogP contribution >= 0.6 is 11.8 Å². The van der Waals surface area contributed by atoms with Gasteiger partial charge < -0.3 is 11.2 Å². The Bertz CT molecular complexity index is 1030. The Hall–Kier alpha value is -3.38. The summed E-state index contributed by atoms with van der Waals surface area (Å²) in [5, 5.41) is 19.3. The molecule has 0 spiro atoms. The summed E-state index contributed by atoms with van der Waals surface area (Å²) in [5.74, 6) is 5.40. The van der Waals surface area contributed by atoms with Crippen molar-refractivity contribution in [2.75, 3.05) is 11.2 Å². The van der Waals surface area contributed by atoms with Crippen molar-refractivity contribution >= 4 is 23.4 Å². The highest BCUT2D eigenvalue weighted by Gasteiger charge is 2.21. The molecule has 0 aliphatic rings. The zero-order valence-electron chi connectivity index (χ0n) is 14.3. The highest BCUT2D eigenvalue weighted by atomic mass is 32.2. The predicted molar refractivity (Wildman–Crippen MR) is 101 cm³/mol. The molecule has 2 aromatic carbocycles. The third-order valence-corrected chi connectivity index (χ3v) is 4.75. The van der Waals surface area contributed by atoms with Gasteiger partial charge in [0, 0.05) is 5.69 Å². The lowest BCUT2D eigenvalue weighted by Crippen LogP contribution is -2.23. The van der Waals surface area contributed by atoms with Crippen molar-refractivity contribution in [3.05, 3.63) is 59.9 Å². The molecule has 0 aliphatic heterocycles. The fourth-order valence-corrected chi connectivity index (χ4v) is 3.08. The average Bonchev–Trinajstić information content (AvgIpc) is 3.02. The Morgan fingerprint density at radius 1 is 1.30 bits per heavy atom. The predicted octanol–water partition coefficient (Wildman–Crippen LogP) is 2.79. The minimum atomic E-state index is -0.546. The number of carbonyl (C=O) groups excluding carboxylic acids is 1. The molecule has 1 amide bonds. The van der Waals surface area contributed by atoms with Gasteiger partial charge in [0.1, 0.15) is 5.82 Å². The van der Waals surface area contributed by atoms with Crippen LogP contribution < -0.4 is 11.2 Å². The number of anilines is 1. The lowest BCUT2D eigenvalue weighted by atomic mass is 10.2. The first-order chi connectivity index (χ1) is 13.0. The standard InChI is InChI=1S/C18H15FN6OS/c1-11(17(26)22-13-6-4-5-12(9-13)10-20)27-18-24-23-16(25(18)21)14-7-2-3-8-15(14)19/h2-9,11H,21H2,1H3,(H,22,26)/t11-/m0/s1. The first-order valence-electron chi connectivity index (χ1n) is 7.92. The number of nitrogens with one attached hydrogen (secondary N) is 1. The van der Waals surface area contributed by atoms with E-state index >= 15 is 0 Å². The van der Waals surface area contributed by atoms with Gasteiger partial charge in [0.25, 0.3) is 0 Å². The van der Waals surface area contributed by atoms with Gasteiger partial charge in [0.15, 0.2) is 5.82 Å². The molecule has 0 fully saturated rings. The summed E-state index contributed by atoms with van der Waals surface area (Å²) in [6.07, 6.45) is 0. The van der Waals surface area contributed by atoms with E-state index in [1.165, 1.54) is 6.07 Å². The minimum absolute atomic E-state index is 0.171. The molecule has 0 saturated carbocycles. The number of nitrogens with two attached hydrogens (primary N) is 1. The van der Waals surface area contributed by atoms with Crippen LogP contribution in [0.25, 0.3) is 11.4 Å². The molecule has 136 valence electrons. The zero-order chi connectivity index (χ0) is 19.4. The molecule has 0 saturated heterocycles. The number of carbonyl (C=O) groups is 1. The Morgan fingerprint density at radius 2 is 2.07 bits per heavy atom. The topological polar surface area (TPSA) is 110 Å². The molecule has 7 nitrogen and oxygen atoms in total. The third kappa shape index (κ3) is 4.07. The van der Waals surface area contributed by atoms with E-state index in [0.717, 1.165) is 16.4 Å². The number of hydrogen-bond acceptors (Lipinski definition) is 6. The fraction of sp³-hybridized carbons (Fsp3) is 0.111. The summed E-state index contributed by atoms with van der Waals surface area (Å²) < 4.78 is 15.1. The number of rotatable bonds is 5. The van der Waals surface area contributed by atoms with Crippen LogP contribution in [0.15, 0.2) is 53.7 Å². The molecular formula is C18H15FN6OS. The van der Waals surface area contributed by atoms with E-state index in [4.69, 9.17) is 11.1 Å². The molecule has 0 radical (unpaired) electrons. The zero-order valence-corrected chi connectivity index (χ0v) is 15.1. The second-order valence-electron chi connectivity index (χ2n) is 5.60. The van der Waals surface area contributed by atoms with Gasteiger partial charge in [0.05, 0.1) is 22.4 Å². The van der Waals surface area contributed by atoms with Crippen molar-refractivity contribution in [2.45, 2.75) is 17.3 Å².